The third-order valence-corrected chi connectivity index (χ3v) is 4.00. The van der Waals surface area contributed by atoms with Crippen molar-refractivity contribution in [2.24, 2.45) is 0 Å². The molecule has 148 valence electrons. The van der Waals surface area contributed by atoms with Crippen molar-refractivity contribution in [1.82, 2.24) is 9.97 Å². The number of ether oxygens (including phenoxy) is 1. The maximum absolute atomic E-state index is 11.9. The van der Waals surface area contributed by atoms with Crippen molar-refractivity contribution in [1.29, 1.82) is 0 Å². The average Bonchev–Trinajstić information content (AvgIpc) is 2.70. The summed E-state index contributed by atoms with van der Waals surface area (Å²) in [4.78, 5) is 31.0. The summed E-state index contributed by atoms with van der Waals surface area (Å²) in [6.45, 7) is 1.95. The van der Waals surface area contributed by atoms with E-state index < -0.39 is 10.9 Å². The largest absolute Gasteiger partial charge is 0.462 e. The standard InChI is InChI=1S/C19H16ClN5O4/c1-2-29-19(26)12-4-3-5-15(10-12)24-18-16(25(27)28)17(21-11-22-18)23-14-8-6-13(20)7-9-14/h3-11H,2H2,1H3,(H2,21,22,23,24). The van der Waals surface area contributed by atoms with E-state index in [1.54, 1.807) is 49.4 Å². The molecule has 0 aliphatic heterocycles. The Morgan fingerprint density at radius 2 is 1.76 bits per heavy atom. The van der Waals surface area contributed by atoms with Crippen LogP contribution in [-0.4, -0.2) is 27.5 Å². The predicted molar refractivity (Wildman–Crippen MR) is 109 cm³/mol. The molecule has 0 unspecified atom stereocenters. The summed E-state index contributed by atoms with van der Waals surface area (Å²) in [6, 6.07) is 13.0. The fraction of sp³-hybridized carbons (Fsp3) is 0.105. The van der Waals surface area contributed by atoms with Crippen LogP contribution in [0.25, 0.3) is 0 Å². The number of anilines is 4. The minimum absolute atomic E-state index is 0.0105. The lowest BCUT2D eigenvalue weighted by atomic mass is 10.2. The van der Waals surface area contributed by atoms with E-state index in [2.05, 4.69) is 20.6 Å². The topological polar surface area (TPSA) is 119 Å². The second kappa shape index (κ2) is 8.98. The lowest BCUT2D eigenvalue weighted by Gasteiger charge is -2.11. The first-order valence-electron chi connectivity index (χ1n) is 8.54. The Morgan fingerprint density at radius 1 is 1.10 bits per heavy atom. The summed E-state index contributed by atoms with van der Waals surface area (Å²) in [6.07, 6.45) is 1.20. The molecule has 10 heteroatoms. The number of carbonyl (C=O) groups excluding carboxylic acids is 1. The number of halogens is 1. The van der Waals surface area contributed by atoms with Crippen LogP contribution in [0.2, 0.25) is 5.02 Å². The minimum atomic E-state index is -0.588. The van der Waals surface area contributed by atoms with Crippen molar-refractivity contribution in [2.45, 2.75) is 6.92 Å². The molecule has 0 aliphatic carbocycles. The molecule has 0 fully saturated rings. The Balaban J connectivity index is 1.92. The zero-order valence-corrected chi connectivity index (χ0v) is 16.0. The molecule has 0 spiro atoms. The predicted octanol–water partition coefficient (Wildman–Crippen LogP) is 4.70. The van der Waals surface area contributed by atoms with Gasteiger partial charge in [-0.2, -0.15) is 0 Å². The van der Waals surface area contributed by atoms with Gasteiger partial charge in [0.05, 0.1) is 17.1 Å². The number of nitrogens with one attached hydrogen (secondary N) is 2. The summed E-state index contributed by atoms with van der Waals surface area (Å²) >= 11 is 5.86. The van der Waals surface area contributed by atoms with Gasteiger partial charge in [0.25, 0.3) is 0 Å². The molecule has 3 aromatic rings. The molecule has 0 bridgehead atoms. The third kappa shape index (κ3) is 4.96. The van der Waals surface area contributed by atoms with E-state index in [9.17, 15) is 14.9 Å². The second-order valence-corrected chi connectivity index (χ2v) is 6.17. The summed E-state index contributed by atoms with van der Waals surface area (Å²) in [7, 11) is 0. The van der Waals surface area contributed by atoms with E-state index in [0.717, 1.165) is 0 Å². The number of benzene rings is 2. The lowest BCUT2D eigenvalue weighted by Crippen LogP contribution is -2.07. The number of hydrogen-bond donors (Lipinski definition) is 2. The minimum Gasteiger partial charge on any atom is -0.462 e. The van der Waals surface area contributed by atoms with Gasteiger partial charge in [-0.15, -0.1) is 0 Å². The van der Waals surface area contributed by atoms with Gasteiger partial charge in [0, 0.05) is 16.4 Å². The first-order chi connectivity index (χ1) is 14.0. The highest BCUT2D eigenvalue weighted by Gasteiger charge is 2.23. The zero-order valence-electron chi connectivity index (χ0n) is 15.3. The molecule has 0 aliphatic rings. The second-order valence-electron chi connectivity index (χ2n) is 5.73. The van der Waals surface area contributed by atoms with Gasteiger partial charge in [0.1, 0.15) is 6.33 Å². The third-order valence-electron chi connectivity index (χ3n) is 3.75. The molecule has 0 saturated heterocycles. The van der Waals surface area contributed by atoms with Crippen LogP contribution >= 0.6 is 11.6 Å². The van der Waals surface area contributed by atoms with Crippen molar-refractivity contribution < 1.29 is 14.5 Å². The van der Waals surface area contributed by atoms with Gasteiger partial charge in [-0.05, 0) is 49.4 Å². The molecule has 0 radical (unpaired) electrons. The first-order valence-corrected chi connectivity index (χ1v) is 8.92. The van der Waals surface area contributed by atoms with Gasteiger partial charge in [-0.25, -0.2) is 14.8 Å². The van der Waals surface area contributed by atoms with Crippen molar-refractivity contribution in [3.8, 4) is 0 Å². The fourth-order valence-corrected chi connectivity index (χ4v) is 2.61. The molecule has 3 rings (SSSR count). The van der Waals surface area contributed by atoms with E-state index in [-0.39, 0.29) is 23.9 Å². The number of rotatable bonds is 7. The Kier molecular flexibility index (Phi) is 6.20. The van der Waals surface area contributed by atoms with Crippen molar-refractivity contribution in [2.75, 3.05) is 17.2 Å². The molecular formula is C19H16ClN5O4. The molecule has 0 saturated carbocycles. The fourth-order valence-electron chi connectivity index (χ4n) is 2.48. The summed E-state index contributed by atoms with van der Waals surface area (Å²) < 4.78 is 4.97. The monoisotopic (exact) mass is 413 g/mol. The lowest BCUT2D eigenvalue weighted by molar-refractivity contribution is -0.383. The first kappa shape index (κ1) is 20.0. The number of carbonyl (C=O) groups is 1. The van der Waals surface area contributed by atoms with Crippen molar-refractivity contribution >= 4 is 46.3 Å². The molecule has 29 heavy (non-hydrogen) atoms. The Morgan fingerprint density at radius 3 is 2.38 bits per heavy atom. The SMILES string of the molecule is CCOC(=O)c1cccc(Nc2ncnc(Nc3ccc(Cl)cc3)c2[N+](=O)[O-])c1. The van der Waals surface area contributed by atoms with E-state index in [1.807, 2.05) is 0 Å². The van der Waals surface area contributed by atoms with Crippen molar-refractivity contribution in [3.63, 3.8) is 0 Å². The van der Waals surface area contributed by atoms with Gasteiger partial charge in [-0.3, -0.25) is 10.1 Å². The van der Waals surface area contributed by atoms with Crippen LogP contribution in [0.1, 0.15) is 17.3 Å². The average molecular weight is 414 g/mol. The van der Waals surface area contributed by atoms with Gasteiger partial charge in [0.15, 0.2) is 0 Å². The van der Waals surface area contributed by atoms with Crippen LogP contribution in [0.15, 0.2) is 54.9 Å². The molecule has 1 heterocycles. The van der Waals surface area contributed by atoms with E-state index in [1.165, 1.54) is 12.4 Å². The van der Waals surface area contributed by atoms with Gasteiger partial charge >= 0.3 is 11.7 Å². The van der Waals surface area contributed by atoms with E-state index in [4.69, 9.17) is 16.3 Å². The number of aromatic nitrogens is 2. The molecular weight excluding hydrogens is 398 g/mol. The van der Waals surface area contributed by atoms with Gasteiger partial charge < -0.3 is 15.4 Å². The van der Waals surface area contributed by atoms with Crippen LogP contribution in [0.3, 0.4) is 0 Å². The maximum atomic E-state index is 11.9. The summed E-state index contributed by atoms with van der Waals surface area (Å²) in [5.41, 5.74) is 0.985. The van der Waals surface area contributed by atoms with Gasteiger partial charge in [0.2, 0.25) is 11.6 Å². The van der Waals surface area contributed by atoms with Crippen LogP contribution in [0.5, 0.6) is 0 Å². The summed E-state index contributed by atoms with van der Waals surface area (Å²) in [5, 5.41) is 18.0. The Hall–Kier alpha value is -3.72. The van der Waals surface area contributed by atoms with Crippen LogP contribution in [0, 0.1) is 10.1 Å². The van der Waals surface area contributed by atoms with Crippen molar-refractivity contribution in [3.05, 3.63) is 75.6 Å². The van der Waals surface area contributed by atoms with E-state index >= 15 is 0 Å². The van der Waals surface area contributed by atoms with E-state index in [0.29, 0.717) is 22.0 Å². The number of hydrogen-bond acceptors (Lipinski definition) is 8. The molecule has 2 N–H and O–H groups in total. The quantitative estimate of drug-likeness (QED) is 0.325. The Labute approximate surface area is 170 Å². The smallest absolute Gasteiger partial charge is 0.353 e. The molecule has 2 aromatic carbocycles. The van der Waals surface area contributed by atoms with Crippen LogP contribution < -0.4 is 10.6 Å². The number of nitro groups is 1. The number of nitrogens with zero attached hydrogens (tertiary/aromatic N) is 3. The zero-order chi connectivity index (χ0) is 20.8. The van der Waals surface area contributed by atoms with Gasteiger partial charge in [-0.1, -0.05) is 17.7 Å². The highest BCUT2D eigenvalue weighted by Crippen LogP contribution is 2.33. The molecule has 0 atom stereocenters. The Bertz CT molecular complexity index is 1040. The molecule has 1 aromatic heterocycles. The summed E-state index contributed by atoms with van der Waals surface area (Å²) in [5.74, 6) is -0.503. The highest BCUT2D eigenvalue weighted by atomic mass is 35.5. The normalized spacial score (nSPS) is 10.3. The van der Waals surface area contributed by atoms with Crippen LogP contribution in [0.4, 0.5) is 28.7 Å². The molecule has 0 amide bonds. The molecule has 9 nitrogen and oxygen atoms in total. The maximum Gasteiger partial charge on any atom is 0.353 e. The van der Waals surface area contributed by atoms with Crippen LogP contribution in [-0.2, 0) is 4.74 Å². The highest BCUT2D eigenvalue weighted by molar-refractivity contribution is 6.30. The number of esters is 1.